The van der Waals surface area contributed by atoms with Crippen LogP contribution in [0.5, 0.6) is 0 Å². The van der Waals surface area contributed by atoms with Gasteiger partial charge in [0.15, 0.2) is 0 Å². The molecule has 0 spiro atoms. The smallest absolute Gasteiger partial charge is 0.0174 e. The van der Waals surface area contributed by atoms with Crippen molar-refractivity contribution in [3.63, 3.8) is 0 Å². The second-order valence-corrected chi connectivity index (χ2v) is 6.14. The minimum atomic E-state index is 0.0449. The second kappa shape index (κ2) is 8.43. The molecule has 2 nitrogen and oxygen atoms in total. The van der Waals surface area contributed by atoms with Crippen LogP contribution in [0.1, 0.15) is 46.1 Å². The van der Waals surface area contributed by atoms with Gasteiger partial charge in [-0.1, -0.05) is 70.9 Å². The van der Waals surface area contributed by atoms with E-state index in [-0.39, 0.29) is 5.41 Å². The molecule has 2 N–H and O–H groups in total. The Hall–Kier alpha value is -0.860. The van der Waals surface area contributed by atoms with Gasteiger partial charge in [-0.25, -0.2) is 0 Å². The van der Waals surface area contributed by atoms with Gasteiger partial charge in [0, 0.05) is 25.0 Å². The second-order valence-electron chi connectivity index (χ2n) is 6.14. The Bertz CT molecular complexity index is 359. The zero-order valence-electron chi connectivity index (χ0n) is 13.7. The van der Waals surface area contributed by atoms with E-state index in [2.05, 4.69) is 62.9 Å². The summed E-state index contributed by atoms with van der Waals surface area (Å²) < 4.78 is 0. The van der Waals surface area contributed by atoms with Gasteiger partial charge in [0.25, 0.3) is 0 Å². The van der Waals surface area contributed by atoms with E-state index in [4.69, 9.17) is 5.73 Å². The van der Waals surface area contributed by atoms with Crippen molar-refractivity contribution in [1.29, 1.82) is 0 Å². The van der Waals surface area contributed by atoms with E-state index in [0.29, 0.717) is 6.54 Å². The van der Waals surface area contributed by atoms with Gasteiger partial charge in [-0.2, -0.15) is 0 Å². The molecule has 0 aromatic heterocycles. The average Bonchev–Trinajstić information content (AvgIpc) is 2.52. The van der Waals surface area contributed by atoms with Crippen molar-refractivity contribution in [2.45, 2.75) is 46.0 Å². The SMILES string of the molecule is CCC(CC)CN(CC)CC(C)(CN)c1ccccc1. The number of rotatable bonds is 9. The number of hydrogen-bond acceptors (Lipinski definition) is 2. The van der Waals surface area contributed by atoms with Crippen molar-refractivity contribution in [3.05, 3.63) is 35.9 Å². The molecule has 0 aliphatic carbocycles. The van der Waals surface area contributed by atoms with Crippen LogP contribution in [-0.2, 0) is 5.41 Å². The molecule has 0 heterocycles. The Kier molecular flexibility index (Phi) is 7.25. The topological polar surface area (TPSA) is 29.3 Å². The van der Waals surface area contributed by atoms with Gasteiger partial charge < -0.3 is 10.6 Å². The summed E-state index contributed by atoms with van der Waals surface area (Å²) >= 11 is 0. The fourth-order valence-electron chi connectivity index (χ4n) is 2.83. The minimum Gasteiger partial charge on any atom is -0.330 e. The van der Waals surface area contributed by atoms with E-state index >= 15 is 0 Å². The third-order valence-corrected chi connectivity index (χ3v) is 4.61. The predicted octanol–water partition coefficient (Wildman–Crippen LogP) is 3.66. The number of likely N-dealkylation sites (N-methyl/N-ethyl adjacent to an activating group) is 1. The van der Waals surface area contributed by atoms with Gasteiger partial charge in [0.05, 0.1) is 0 Å². The standard InChI is InChI=1S/C18H32N2/c1-5-16(6-2)13-20(7-3)15-18(4,14-19)17-11-9-8-10-12-17/h8-12,16H,5-7,13-15,19H2,1-4H3. The molecule has 1 atom stereocenters. The molecule has 0 bridgehead atoms. The summed E-state index contributed by atoms with van der Waals surface area (Å²) in [7, 11) is 0. The Morgan fingerprint density at radius 3 is 2.15 bits per heavy atom. The van der Waals surface area contributed by atoms with E-state index < -0.39 is 0 Å². The molecule has 1 aromatic carbocycles. The van der Waals surface area contributed by atoms with Crippen LogP contribution < -0.4 is 5.73 Å². The van der Waals surface area contributed by atoms with Crippen molar-refractivity contribution in [1.82, 2.24) is 4.90 Å². The lowest BCUT2D eigenvalue weighted by Gasteiger charge is -2.36. The van der Waals surface area contributed by atoms with E-state index in [0.717, 1.165) is 19.0 Å². The first-order chi connectivity index (χ1) is 9.59. The maximum absolute atomic E-state index is 6.11. The minimum absolute atomic E-state index is 0.0449. The molecule has 1 unspecified atom stereocenters. The van der Waals surface area contributed by atoms with Gasteiger partial charge in [-0.3, -0.25) is 0 Å². The summed E-state index contributed by atoms with van der Waals surface area (Å²) in [5, 5.41) is 0. The van der Waals surface area contributed by atoms with Gasteiger partial charge in [-0.05, 0) is 18.0 Å². The quantitative estimate of drug-likeness (QED) is 0.746. The summed E-state index contributed by atoms with van der Waals surface area (Å²) in [5.41, 5.74) is 7.51. The third-order valence-electron chi connectivity index (χ3n) is 4.61. The lowest BCUT2D eigenvalue weighted by molar-refractivity contribution is 0.191. The van der Waals surface area contributed by atoms with Crippen LogP contribution in [0, 0.1) is 5.92 Å². The van der Waals surface area contributed by atoms with E-state index in [1.54, 1.807) is 0 Å². The molecule has 0 aliphatic heterocycles. The molecule has 1 rings (SSSR count). The van der Waals surface area contributed by atoms with E-state index in [1.165, 1.54) is 24.9 Å². The van der Waals surface area contributed by atoms with Crippen molar-refractivity contribution in [3.8, 4) is 0 Å². The zero-order valence-corrected chi connectivity index (χ0v) is 13.7. The van der Waals surface area contributed by atoms with Gasteiger partial charge in [0.1, 0.15) is 0 Å². The summed E-state index contributed by atoms with van der Waals surface area (Å²) in [6.07, 6.45) is 2.52. The van der Waals surface area contributed by atoms with Gasteiger partial charge >= 0.3 is 0 Å². The number of nitrogens with two attached hydrogens (primary N) is 1. The molecule has 114 valence electrons. The lowest BCUT2D eigenvalue weighted by Crippen LogP contribution is -2.45. The summed E-state index contributed by atoms with van der Waals surface area (Å²) in [4.78, 5) is 2.57. The third kappa shape index (κ3) is 4.60. The summed E-state index contributed by atoms with van der Waals surface area (Å²) in [6.45, 7) is 13.1. The molecule has 0 saturated heterocycles. The molecular formula is C18H32N2. The highest BCUT2D eigenvalue weighted by atomic mass is 15.1. The van der Waals surface area contributed by atoms with Gasteiger partial charge in [0.2, 0.25) is 0 Å². The Labute approximate surface area is 125 Å². The van der Waals surface area contributed by atoms with E-state index in [9.17, 15) is 0 Å². The largest absolute Gasteiger partial charge is 0.330 e. The van der Waals surface area contributed by atoms with Crippen LogP contribution in [0.3, 0.4) is 0 Å². The monoisotopic (exact) mass is 276 g/mol. The number of nitrogens with zero attached hydrogens (tertiary/aromatic N) is 1. The van der Waals surface area contributed by atoms with Crippen LogP contribution in [-0.4, -0.2) is 31.1 Å². The van der Waals surface area contributed by atoms with Crippen LogP contribution in [0.25, 0.3) is 0 Å². The first-order valence-electron chi connectivity index (χ1n) is 8.07. The summed E-state index contributed by atoms with van der Waals surface area (Å²) in [5.74, 6) is 0.799. The molecule has 0 fully saturated rings. The molecule has 0 saturated carbocycles. The van der Waals surface area contributed by atoms with Crippen molar-refractivity contribution < 1.29 is 0 Å². The van der Waals surface area contributed by atoms with E-state index in [1.807, 2.05) is 0 Å². The molecule has 0 radical (unpaired) electrons. The molecule has 2 heteroatoms. The molecule has 1 aromatic rings. The number of hydrogen-bond donors (Lipinski definition) is 1. The fraction of sp³-hybridized carbons (Fsp3) is 0.667. The van der Waals surface area contributed by atoms with Crippen molar-refractivity contribution in [2.75, 3.05) is 26.2 Å². The van der Waals surface area contributed by atoms with Crippen LogP contribution in [0.15, 0.2) is 30.3 Å². The highest BCUT2D eigenvalue weighted by molar-refractivity contribution is 5.25. The maximum Gasteiger partial charge on any atom is 0.0174 e. The zero-order chi connectivity index (χ0) is 15.0. The molecule has 0 aliphatic rings. The Morgan fingerprint density at radius 2 is 1.70 bits per heavy atom. The normalized spacial score (nSPS) is 14.8. The van der Waals surface area contributed by atoms with Crippen LogP contribution in [0.4, 0.5) is 0 Å². The van der Waals surface area contributed by atoms with Crippen molar-refractivity contribution >= 4 is 0 Å². The first-order valence-corrected chi connectivity index (χ1v) is 8.07. The van der Waals surface area contributed by atoms with Crippen LogP contribution in [0.2, 0.25) is 0 Å². The lowest BCUT2D eigenvalue weighted by atomic mass is 9.81. The predicted molar refractivity (Wildman–Crippen MR) is 89.0 cm³/mol. The number of benzene rings is 1. The molecule has 0 amide bonds. The highest BCUT2D eigenvalue weighted by Gasteiger charge is 2.27. The van der Waals surface area contributed by atoms with Crippen molar-refractivity contribution in [2.24, 2.45) is 11.7 Å². The van der Waals surface area contributed by atoms with Crippen LogP contribution >= 0.6 is 0 Å². The summed E-state index contributed by atoms with van der Waals surface area (Å²) in [6, 6.07) is 10.7. The highest BCUT2D eigenvalue weighted by Crippen LogP contribution is 2.24. The Balaban J connectivity index is 2.79. The fourth-order valence-corrected chi connectivity index (χ4v) is 2.83. The Morgan fingerprint density at radius 1 is 1.10 bits per heavy atom. The first kappa shape index (κ1) is 17.2. The van der Waals surface area contributed by atoms with Gasteiger partial charge in [-0.15, -0.1) is 0 Å². The average molecular weight is 276 g/mol. The maximum atomic E-state index is 6.11. The molecule has 20 heavy (non-hydrogen) atoms. The molecular weight excluding hydrogens is 244 g/mol.